The molecule has 7 rings (SSSR count). The summed E-state index contributed by atoms with van der Waals surface area (Å²) < 4.78 is 33.1. The zero-order valence-electron chi connectivity index (χ0n) is 25.1. The van der Waals surface area contributed by atoms with Gasteiger partial charge in [-0.15, -0.1) is 0 Å². The summed E-state index contributed by atoms with van der Waals surface area (Å²) in [6.45, 7) is 16.7. The molecule has 0 radical (unpaired) electrons. The Morgan fingerprint density at radius 2 is 1.36 bits per heavy atom. The molecule has 6 N–H and O–H groups in total. The fourth-order valence-corrected chi connectivity index (χ4v) is 8.64. The second-order valence-corrected chi connectivity index (χ2v) is 12.5. The van der Waals surface area contributed by atoms with Crippen LogP contribution in [-0.2, 0) is 23.7 Å². The molecule has 0 aromatic carbocycles. The molecule has 7 atom stereocenters. The first-order chi connectivity index (χ1) is 20.8. The van der Waals surface area contributed by atoms with Gasteiger partial charge in [-0.3, -0.25) is 4.90 Å². The SMILES string of the molecule is C1CNC(C2CN(N3CCOCC3)C(C3COCCN3)(C3CNCCO3)C(C3CNCCN3)(N3CCOCC3)O2)CN1. The van der Waals surface area contributed by atoms with Crippen LogP contribution in [0.2, 0.25) is 0 Å². The van der Waals surface area contributed by atoms with E-state index in [-0.39, 0.29) is 30.3 Å². The molecule has 7 fully saturated rings. The predicted octanol–water partition coefficient (Wildman–Crippen LogP) is -4.20. The van der Waals surface area contributed by atoms with E-state index in [1.54, 1.807) is 0 Å². The predicted molar refractivity (Wildman–Crippen MR) is 156 cm³/mol. The summed E-state index contributed by atoms with van der Waals surface area (Å²) >= 11 is 0. The first kappa shape index (κ1) is 30.1. The van der Waals surface area contributed by atoms with Crippen LogP contribution in [0.5, 0.6) is 0 Å². The third kappa shape index (κ3) is 5.45. The van der Waals surface area contributed by atoms with Crippen LogP contribution >= 0.6 is 0 Å². The molecule has 7 aliphatic rings. The van der Waals surface area contributed by atoms with Gasteiger partial charge in [0.25, 0.3) is 0 Å². The number of morpholine rings is 5. The van der Waals surface area contributed by atoms with E-state index in [1.807, 2.05) is 0 Å². The van der Waals surface area contributed by atoms with Crippen molar-refractivity contribution in [2.24, 2.45) is 0 Å². The highest BCUT2D eigenvalue weighted by atomic mass is 16.6. The maximum Gasteiger partial charge on any atom is 0.163 e. The van der Waals surface area contributed by atoms with Crippen LogP contribution < -0.4 is 31.9 Å². The fourth-order valence-electron chi connectivity index (χ4n) is 8.64. The molecule has 0 amide bonds. The lowest BCUT2D eigenvalue weighted by Gasteiger charge is -2.72. The normalized spacial score (nSPS) is 44.1. The highest BCUT2D eigenvalue weighted by Crippen LogP contribution is 2.50. The lowest BCUT2D eigenvalue weighted by atomic mass is 9.67. The van der Waals surface area contributed by atoms with Gasteiger partial charge in [-0.2, -0.15) is 0 Å². The molecule has 0 aliphatic carbocycles. The molecule has 7 heterocycles. The number of piperazine rings is 2. The lowest BCUT2D eigenvalue weighted by molar-refractivity contribution is -0.382. The zero-order chi connectivity index (χ0) is 28.2. The van der Waals surface area contributed by atoms with Crippen LogP contribution in [0.15, 0.2) is 0 Å². The molecule has 0 aromatic rings. The molecule has 14 heteroatoms. The van der Waals surface area contributed by atoms with Crippen LogP contribution in [0.1, 0.15) is 0 Å². The summed E-state index contributed by atoms with van der Waals surface area (Å²) in [7, 11) is 0. The molecule has 0 bridgehead atoms. The van der Waals surface area contributed by atoms with Gasteiger partial charge in [0.2, 0.25) is 0 Å². The quantitative estimate of drug-likeness (QED) is 0.178. The smallest absolute Gasteiger partial charge is 0.163 e. The minimum Gasteiger partial charge on any atom is -0.379 e. The van der Waals surface area contributed by atoms with Crippen molar-refractivity contribution >= 4 is 0 Å². The van der Waals surface area contributed by atoms with Crippen molar-refractivity contribution in [1.82, 2.24) is 46.8 Å². The minimum absolute atomic E-state index is 0.0153. The van der Waals surface area contributed by atoms with Gasteiger partial charge in [0, 0.05) is 97.7 Å². The topological polar surface area (TPSA) is 128 Å². The second kappa shape index (κ2) is 13.8. The van der Waals surface area contributed by atoms with Crippen LogP contribution in [0.25, 0.3) is 0 Å². The van der Waals surface area contributed by atoms with Crippen LogP contribution in [-0.4, -0.2) is 194 Å². The van der Waals surface area contributed by atoms with Gasteiger partial charge in [0.15, 0.2) is 5.72 Å². The van der Waals surface area contributed by atoms with Crippen LogP contribution in [0.4, 0.5) is 0 Å². The molecular formula is C28H53N9O5. The number of hydrazine groups is 1. The Balaban J connectivity index is 1.44. The molecule has 7 unspecified atom stereocenters. The number of nitrogens with zero attached hydrogens (tertiary/aromatic N) is 3. The van der Waals surface area contributed by atoms with Gasteiger partial charge in [0.05, 0.1) is 70.5 Å². The molecule has 42 heavy (non-hydrogen) atoms. The monoisotopic (exact) mass is 595 g/mol. The molecule has 7 saturated heterocycles. The summed E-state index contributed by atoms with van der Waals surface area (Å²) in [5.74, 6) is 0. The van der Waals surface area contributed by atoms with E-state index < -0.39 is 11.3 Å². The van der Waals surface area contributed by atoms with E-state index >= 15 is 0 Å². The minimum atomic E-state index is -0.757. The molecule has 0 saturated carbocycles. The van der Waals surface area contributed by atoms with Crippen molar-refractivity contribution in [1.29, 1.82) is 0 Å². The van der Waals surface area contributed by atoms with E-state index in [9.17, 15) is 0 Å². The van der Waals surface area contributed by atoms with Crippen molar-refractivity contribution < 1.29 is 23.7 Å². The van der Waals surface area contributed by atoms with Crippen molar-refractivity contribution in [3.63, 3.8) is 0 Å². The first-order valence-electron chi connectivity index (χ1n) is 16.5. The highest BCUT2D eigenvalue weighted by molar-refractivity contribution is 5.25. The Kier molecular flexibility index (Phi) is 9.92. The summed E-state index contributed by atoms with van der Waals surface area (Å²) in [5.41, 5.74) is -1.38. The Bertz CT molecular complexity index is 804. The Morgan fingerprint density at radius 3 is 2.02 bits per heavy atom. The van der Waals surface area contributed by atoms with Crippen molar-refractivity contribution in [2.45, 2.75) is 41.6 Å². The van der Waals surface area contributed by atoms with Gasteiger partial charge in [0.1, 0.15) is 5.54 Å². The number of nitrogens with one attached hydrogen (secondary N) is 6. The van der Waals surface area contributed by atoms with E-state index in [4.69, 9.17) is 23.7 Å². The summed E-state index contributed by atoms with van der Waals surface area (Å²) in [6.07, 6.45) is -0.181. The van der Waals surface area contributed by atoms with E-state index in [1.165, 1.54) is 0 Å². The van der Waals surface area contributed by atoms with Gasteiger partial charge in [-0.05, 0) is 0 Å². The van der Waals surface area contributed by atoms with Gasteiger partial charge in [-0.25, -0.2) is 10.0 Å². The van der Waals surface area contributed by atoms with Gasteiger partial charge >= 0.3 is 0 Å². The third-order valence-electron chi connectivity index (χ3n) is 10.4. The number of hydrogen-bond donors (Lipinski definition) is 6. The molecule has 14 nitrogen and oxygen atoms in total. The summed E-state index contributed by atoms with van der Waals surface area (Å²) in [5, 5.41) is 28.1. The molecule has 7 aliphatic heterocycles. The number of hydrogen-bond acceptors (Lipinski definition) is 14. The summed E-state index contributed by atoms with van der Waals surface area (Å²) in [6, 6.07) is 0.184. The van der Waals surface area contributed by atoms with Crippen molar-refractivity contribution in [3.8, 4) is 0 Å². The Morgan fingerprint density at radius 1 is 0.619 bits per heavy atom. The number of rotatable bonds is 6. The molecule has 0 aromatic heterocycles. The molecular weight excluding hydrogens is 542 g/mol. The Hall–Kier alpha value is -0.560. The average molecular weight is 596 g/mol. The van der Waals surface area contributed by atoms with Crippen molar-refractivity contribution in [2.75, 3.05) is 138 Å². The first-order valence-corrected chi connectivity index (χ1v) is 16.5. The van der Waals surface area contributed by atoms with E-state index in [0.717, 1.165) is 91.6 Å². The third-order valence-corrected chi connectivity index (χ3v) is 10.4. The Labute approximate surface area is 250 Å². The largest absolute Gasteiger partial charge is 0.379 e. The summed E-state index contributed by atoms with van der Waals surface area (Å²) in [4.78, 5) is 2.62. The van der Waals surface area contributed by atoms with Crippen molar-refractivity contribution in [3.05, 3.63) is 0 Å². The molecule has 240 valence electrons. The maximum atomic E-state index is 7.90. The standard InChI is InChI=1S/C28H53N9O5/c1-3-32-22(17-29-1)23-20-37(36-9-15-39-16-10-36)27(25-21-40-11-6-34-25,26-19-31-5-12-41-26)28(42-23,24-18-30-2-4-33-24)35-7-13-38-14-8-35/h22-26,29-34H,1-21H2. The van der Waals surface area contributed by atoms with Gasteiger partial charge < -0.3 is 55.6 Å². The second-order valence-electron chi connectivity index (χ2n) is 12.5. The lowest BCUT2D eigenvalue weighted by Crippen LogP contribution is -2.94. The maximum absolute atomic E-state index is 7.90. The fraction of sp³-hybridized carbons (Fsp3) is 1.00. The highest BCUT2D eigenvalue weighted by Gasteiger charge is 2.74. The molecule has 0 spiro atoms. The number of ether oxygens (including phenoxy) is 5. The van der Waals surface area contributed by atoms with E-state index in [2.05, 4.69) is 46.8 Å². The zero-order valence-corrected chi connectivity index (χ0v) is 25.1. The van der Waals surface area contributed by atoms with Crippen LogP contribution in [0.3, 0.4) is 0 Å². The van der Waals surface area contributed by atoms with Crippen LogP contribution in [0, 0.1) is 0 Å². The average Bonchev–Trinajstić information content (AvgIpc) is 3.10. The van der Waals surface area contributed by atoms with Gasteiger partial charge in [-0.1, -0.05) is 0 Å². The van der Waals surface area contributed by atoms with E-state index in [0.29, 0.717) is 46.2 Å².